The number of nitrogens with zero attached hydrogens (tertiary/aromatic N) is 4. The first-order valence-electron chi connectivity index (χ1n) is 7.43. The van der Waals surface area contributed by atoms with Crippen molar-refractivity contribution in [1.82, 2.24) is 14.3 Å². The summed E-state index contributed by atoms with van der Waals surface area (Å²) in [6.45, 7) is 3.03. The molecule has 1 saturated heterocycles. The first-order valence-corrected chi connectivity index (χ1v) is 8.68. The summed E-state index contributed by atoms with van der Waals surface area (Å²) in [4.78, 5) is 21.9. The first-order chi connectivity index (χ1) is 11.2. The number of hydrogen-bond donors (Lipinski definition) is 0. The van der Waals surface area contributed by atoms with Gasteiger partial charge in [0.2, 0.25) is 0 Å². The molecule has 0 atom stereocenters. The lowest BCUT2D eigenvalue weighted by Gasteiger charge is -2.36. The van der Waals surface area contributed by atoms with Crippen molar-refractivity contribution in [2.24, 2.45) is 0 Å². The van der Waals surface area contributed by atoms with E-state index in [1.807, 2.05) is 39.1 Å². The Morgan fingerprint density at radius 2 is 2.04 bits per heavy atom. The molecule has 1 aliphatic heterocycles. The van der Waals surface area contributed by atoms with E-state index in [9.17, 15) is 4.79 Å². The molecule has 0 aliphatic carbocycles. The zero-order valence-corrected chi connectivity index (χ0v) is 13.9. The number of carbonyl (C=O) groups excluding carboxylic acids is 1. The average Bonchev–Trinajstić information content (AvgIpc) is 3.18. The van der Waals surface area contributed by atoms with Gasteiger partial charge in [0.25, 0.3) is 5.91 Å². The molecule has 0 radical (unpaired) electrons. The maximum atomic E-state index is 12.7. The molecule has 0 unspecified atom stereocenters. The SMILES string of the molecule is O=C(c1csc2nccn12)N1CCN(c2cccc(Cl)c2)CC1. The van der Waals surface area contributed by atoms with Crippen LogP contribution in [0.3, 0.4) is 0 Å². The van der Waals surface area contributed by atoms with E-state index >= 15 is 0 Å². The smallest absolute Gasteiger partial charge is 0.271 e. The number of piperazine rings is 1. The molecule has 118 valence electrons. The Balaban J connectivity index is 1.47. The molecule has 1 aliphatic rings. The molecular weight excluding hydrogens is 332 g/mol. The van der Waals surface area contributed by atoms with Gasteiger partial charge in [0, 0.05) is 54.7 Å². The van der Waals surface area contributed by atoms with E-state index < -0.39 is 0 Å². The van der Waals surface area contributed by atoms with Crippen molar-refractivity contribution < 1.29 is 4.79 Å². The number of hydrogen-bond acceptors (Lipinski definition) is 4. The number of halogens is 1. The van der Waals surface area contributed by atoms with Crippen molar-refractivity contribution in [3.8, 4) is 0 Å². The molecular formula is C16H15ClN4OS. The van der Waals surface area contributed by atoms with Gasteiger partial charge >= 0.3 is 0 Å². The second kappa shape index (κ2) is 5.86. The Labute approximate surface area is 142 Å². The van der Waals surface area contributed by atoms with Crippen LogP contribution in [0.2, 0.25) is 5.02 Å². The second-order valence-corrected chi connectivity index (χ2v) is 6.73. The van der Waals surface area contributed by atoms with Gasteiger partial charge in [-0.05, 0) is 18.2 Å². The van der Waals surface area contributed by atoms with Crippen LogP contribution < -0.4 is 4.90 Å². The maximum absolute atomic E-state index is 12.7. The van der Waals surface area contributed by atoms with Crippen molar-refractivity contribution in [2.75, 3.05) is 31.1 Å². The summed E-state index contributed by atoms with van der Waals surface area (Å²) in [5.74, 6) is 0.0694. The Morgan fingerprint density at radius 1 is 1.22 bits per heavy atom. The fourth-order valence-corrected chi connectivity index (χ4v) is 3.89. The molecule has 0 N–H and O–H groups in total. The fraction of sp³-hybridized carbons (Fsp3) is 0.250. The topological polar surface area (TPSA) is 40.9 Å². The minimum Gasteiger partial charge on any atom is -0.368 e. The molecule has 0 spiro atoms. The summed E-state index contributed by atoms with van der Waals surface area (Å²) in [5.41, 5.74) is 1.80. The highest BCUT2D eigenvalue weighted by Gasteiger charge is 2.24. The van der Waals surface area contributed by atoms with Crippen LogP contribution in [0.5, 0.6) is 0 Å². The minimum absolute atomic E-state index is 0.0694. The summed E-state index contributed by atoms with van der Waals surface area (Å²) in [6.07, 6.45) is 3.56. The van der Waals surface area contributed by atoms with Gasteiger partial charge in [-0.2, -0.15) is 0 Å². The summed E-state index contributed by atoms with van der Waals surface area (Å²) >= 11 is 7.55. The molecule has 1 fully saturated rings. The van der Waals surface area contributed by atoms with Gasteiger partial charge in [0.05, 0.1) is 0 Å². The van der Waals surface area contributed by atoms with Crippen LogP contribution in [-0.2, 0) is 0 Å². The second-order valence-electron chi connectivity index (χ2n) is 5.46. The van der Waals surface area contributed by atoms with Crippen molar-refractivity contribution in [1.29, 1.82) is 0 Å². The quantitative estimate of drug-likeness (QED) is 0.716. The van der Waals surface area contributed by atoms with Gasteiger partial charge in [-0.1, -0.05) is 17.7 Å². The highest BCUT2D eigenvalue weighted by molar-refractivity contribution is 7.15. The molecule has 1 aromatic carbocycles. The third-order valence-corrected chi connectivity index (χ3v) is 5.19. The number of amides is 1. The van der Waals surface area contributed by atoms with Crippen LogP contribution in [-0.4, -0.2) is 46.4 Å². The van der Waals surface area contributed by atoms with Crippen LogP contribution >= 0.6 is 22.9 Å². The number of thiazole rings is 1. The number of aromatic nitrogens is 2. The summed E-state index contributed by atoms with van der Waals surface area (Å²) < 4.78 is 1.86. The largest absolute Gasteiger partial charge is 0.368 e. The van der Waals surface area contributed by atoms with Gasteiger partial charge in [-0.3, -0.25) is 9.20 Å². The molecule has 5 nitrogen and oxygen atoms in total. The monoisotopic (exact) mass is 346 g/mol. The van der Waals surface area contributed by atoms with Crippen molar-refractivity contribution in [3.63, 3.8) is 0 Å². The van der Waals surface area contributed by atoms with Crippen LogP contribution in [0.1, 0.15) is 10.5 Å². The zero-order valence-electron chi connectivity index (χ0n) is 12.4. The van der Waals surface area contributed by atoms with E-state index in [0.717, 1.165) is 28.8 Å². The number of benzene rings is 1. The van der Waals surface area contributed by atoms with Crippen molar-refractivity contribution >= 4 is 39.5 Å². The molecule has 3 heterocycles. The number of imidazole rings is 1. The predicted octanol–water partition coefficient (Wildman–Crippen LogP) is 3.01. The van der Waals surface area contributed by atoms with Gasteiger partial charge in [0.1, 0.15) is 5.69 Å². The van der Waals surface area contributed by atoms with Gasteiger partial charge in [-0.25, -0.2) is 4.98 Å². The molecule has 3 aromatic rings. The average molecular weight is 347 g/mol. The summed E-state index contributed by atoms with van der Waals surface area (Å²) in [7, 11) is 0. The number of fused-ring (bicyclic) bond motifs is 1. The maximum Gasteiger partial charge on any atom is 0.271 e. The highest BCUT2D eigenvalue weighted by atomic mass is 35.5. The summed E-state index contributed by atoms with van der Waals surface area (Å²) in [6, 6.07) is 7.85. The molecule has 1 amide bonds. The Kier molecular flexibility index (Phi) is 3.71. The minimum atomic E-state index is 0.0694. The lowest BCUT2D eigenvalue weighted by Crippen LogP contribution is -2.49. The zero-order chi connectivity index (χ0) is 15.8. The molecule has 0 saturated carbocycles. The molecule has 23 heavy (non-hydrogen) atoms. The van der Waals surface area contributed by atoms with Crippen LogP contribution in [0.15, 0.2) is 42.0 Å². The van der Waals surface area contributed by atoms with Crippen LogP contribution in [0.4, 0.5) is 5.69 Å². The number of rotatable bonds is 2. The standard InChI is InChI=1S/C16H15ClN4OS/c17-12-2-1-3-13(10-12)19-6-8-20(9-7-19)15(22)14-11-23-16-18-4-5-21(14)16/h1-5,10-11H,6-9H2. The molecule has 2 aromatic heterocycles. The van der Waals surface area contributed by atoms with E-state index in [1.165, 1.54) is 11.3 Å². The number of anilines is 1. The van der Waals surface area contributed by atoms with Crippen LogP contribution in [0, 0.1) is 0 Å². The summed E-state index contributed by atoms with van der Waals surface area (Å²) in [5, 5.41) is 2.62. The Morgan fingerprint density at radius 3 is 2.83 bits per heavy atom. The fourth-order valence-electron chi connectivity index (χ4n) is 2.88. The Hall–Kier alpha value is -2.05. The van der Waals surface area contributed by atoms with E-state index in [4.69, 9.17) is 11.6 Å². The van der Waals surface area contributed by atoms with E-state index in [0.29, 0.717) is 18.8 Å². The lowest BCUT2D eigenvalue weighted by atomic mass is 10.2. The normalized spacial score (nSPS) is 15.3. The first kappa shape index (κ1) is 14.5. The highest BCUT2D eigenvalue weighted by Crippen LogP contribution is 2.22. The predicted molar refractivity (Wildman–Crippen MR) is 92.6 cm³/mol. The Bertz CT molecular complexity index is 851. The number of carbonyl (C=O) groups is 1. The molecule has 4 rings (SSSR count). The van der Waals surface area contributed by atoms with Gasteiger partial charge in [-0.15, -0.1) is 11.3 Å². The third kappa shape index (κ3) is 2.68. The van der Waals surface area contributed by atoms with E-state index in [2.05, 4.69) is 16.0 Å². The van der Waals surface area contributed by atoms with Crippen molar-refractivity contribution in [2.45, 2.75) is 0 Å². The van der Waals surface area contributed by atoms with Crippen molar-refractivity contribution in [3.05, 3.63) is 52.8 Å². The van der Waals surface area contributed by atoms with E-state index in [1.54, 1.807) is 6.20 Å². The van der Waals surface area contributed by atoms with E-state index in [-0.39, 0.29) is 5.91 Å². The molecule has 0 bridgehead atoms. The third-order valence-electron chi connectivity index (χ3n) is 4.10. The van der Waals surface area contributed by atoms with Crippen LogP contribution in [0.25, 0.3) is 4.96 Å². The lowest BCUT2D eigenvalue weighted by molar-refractivity contribution is 0.0740. The molecule has 7 heteroatoms. The van der Waals surface area contributed by atoms with Gasteiger partial charge in [0.15, 0.2) is 4.96 Å². The van der Waals surface area contributed by atoms with Gasteiger partial charge < -0.3 is 9.80 Å².